The van der Waals surface area contributed by atoms with Crippen LogP contribution in [-0.4, -0.2) is 27.5 Å². The number of thioether (sulfide) groups is 2. The number of aryl methyl sites for hydroxylation is 1. The number of para-hydroxylation sites is 2. The van der Waals surface area contributed by atoms with E-state index >= 15 is 0 Å². The molecular weight excluding hydrogens is 450 g/mol. The van der Waals surface area contributed by atoms with Crippen LogP contribution in [-0.2, 0) is 17.9 Å². The zero-order valence-corrected chi connectivity index (χ0v) is 20.2. The number of fused-ring (bicyclic) bond motifs is 1. The summed E-state index contributed by atoms with van der Waals surface area (Å²) in [7, 11) is 0. The molecule has 5 nitrogen and oxygen atoms in total. The van der Waals surface area contributed by atoms with Crippen molar-refractivity contribution in [3.63, 3.8) is 0 Å². The summed E-state index contributed by atoms with van der Waals surface area (Å²) in [5.74, 6) is 0.00182. The lowest BCUT2D eigenvalue weighted by Crippen LogP contribution is -2.27. The second-order valence-electron chi connectivity index (χ2n) is 7.70. The molecule has 4 aromatic rings. The molecular formula is C26H25N3O2S2. The van der Waals surface area contributed by atoms with Crippen molar-refractivity contribution in [3.05, 3.63) is 99.8 Å². The van der Waals surface area contributed by atoms with E-state index in [4.69, 9.17) is 0 Å². The van der Waals surface area contributed by atoms with E-state index in [2.05, 4.69) is 10.3 Å². The molecule has 1 heterocycles. The first-order valence-corrected chi connectivity index (χ1v) is 12.8. The Bertz CT molecular complexity index is 1320. The summed E-state index contributed by atoms with van der Waals surface area (Å²) in [4.78, 5) is 31.4. The molecule has 0 aliphatic heterocycles. The quantitative estimate of drug-likeness (QED) is 0.368. The van der Waals surface area contributed by atoms with Crippen LogP contribution >= 0.6 is 23.5 Å². The third-order valence-electron chi connectivity index (χ3n) is 5.27. The fraction of sp³-hybridized carbons (Fsp3) is 0.192. The molecule has 0 unspecified atom stereocenters. The number of carbonyl (C=O) groups is 1. The van der Waals surface area contributed by atoms with Gasteiger partial charge in [0, 0.05) is 11.4 Å². The third kappa shape index (κ3) is 5.86. The van der Waals surface area contributed by atoms with Crippen molar-refractivity contribution in [1.82, 2.24) is 14.9 Å². The van der Waals surface area contributed by atoms with E-state index < -0.39 is 0 Å². The van der Waals surface area contributed by atoms with Gasteiger partial charge in [-0.2, -0.15) is 0 Å². The van der Waals surface area contributed by atoms with E-state index in [1.54, 1.807) is 16.3 Å². The SMILES string of the molecule is CSc1ccc(CNC(=O)CSc2nc3ccccc3n(Cc3ccc(C)cc3)c2=O)cc1. The van der Waals surface area contributed by atoms with Gasteiger partial charge in [0.1, 0.15) is 0 Å². The Labute approximate surface area is 201 Å². The number of amides is 1. The number of hydrogen-bond acceptors (Lipinski definition) is 5. The van der Waals surface area contributed by atoms with E-state index in [1.807, 2.05) is 86.0 Å². The van der Waals surface area contributed by atoms with Crippen LogP contribution in [0, 0.1) is 6.92 Å². The number of carbonyl (C=O) groups excluding carboxylic acids is 1. The number of nitrogens with one attached hydrogen (secondary N) is 1. The second kappa shape index (κ2) is 10.7. The molecule has 7 heteroatoms. The Morgan fingerprint density at radius 1 is 0.970 bits per heavy atom. The standard InChI is InChI=1S/C26H25N3O2S2/c1-18-7-9-20(10-8-18)16-29-23-6-4-3-5-22(23)28-25(26(29)31)33-17-24(30)27-15-19-11-13-21(32-2)14-12-19/h3-14H,15-17H2,1-2H3,(H,27,30). The maximum absolute atomic E-state index is 13.3. The molecule has 0 aliphatic rings. The van der Waals surface area contributed by atoms with Crippen molar-refractivity contribution in [2.75, 3.05) is 12.0 Å². The van der Waals surface area contributed by atoms with Crippen LogP contribution in [0.1, 0.15) is 16.7 Å². The molecule has 0 saturated heterocycles. The van der Waals surface area contributed by atoms with E-state index in [0.717, 1.165) is 22.2 Å². The van der Waals surface area contributed by atoms with Crippen LogP contribution in [0.15, 0.2) is 87.5 Å². The van der Waals surface area contributed by atoms with Gasteiger partial charge in [0.15, 0.2) is 5.03 Å². The van der Waals surface area contributed by atoms with Crippen LogP contribution in [0.25, 0.3) is 11.0 Å². The molecule has 0 spiro atoms. The lowest BCUT2D eigenvalue weighted by atomic mass is 10.1. The highest BCUT2D eigenvalue weighted by Gasteiger charge is 2.13. The normalized spacial score (nSPS) is 11.0. The molecule has 0 saturated carbocycles. The molecule has 4 rings (SSSR count). The number of rotatable bonds is 8. The fourth-order valence-corrected chi connectivity index (χ4v) is 4.60. The zero-order chi connectivity index (χ0) is 23.2. The monoisotopic (exact) mass is 475 g/mol. The second-order valence-corrected chi connectivity index (χ2v) is 9.54. The summed E-state index contributed by atoms with van der Waals surface area (Å²) >= 11 is 2.86. The van der Waals surface area contributed by atoms with Crippen molar-refractivity contribution in [2.24, 2.45) is 0 Å². The van der Waals surface area contributed by atoms with Crippen molar-refractivity contribution < 1.29 is 4.79 Å². The average Bonchev–Trinajstić information content (AvgIpc) is 2.85. The summed E-state index contributed by atoms with van der Waals surface area (Å²) in [6.45, 7) is 2.95. The van der Waals surface area contributed by atoms with Gasteiger partial charge in [-0.15, -0.1) is 11.8 Å². The smallest absolute Gasteiger partial charge is 0.283 e. The minimum Gasteiger partial charge on any atom is -0.351 e. The Hall–Kier alpha value is -3.03. The van der Waals surface area contributed by atoms with Gasteiger partial charge in [-0.05, 0) is 48.6 Å². The zero-order valence-electron chi connectivity index (χ0n) is 18.6. The average molecular weight is 476 g/mol. The van der Waals surface area contributed by atoms with Crippen molar-refractivity contribution >= 4 is 40.5 Å². The lowest BCUT2D eigenvalue weighted by molar-refractivity contribution is -0.118. The van der Waals surface area contributed by atoms with E-state index in [0.29, 0.717) is 18.1 Å². The predicted octanol–water partition coefficient (Wildman–Crippen LogP) is 4.88. The summed E-state index contributed by atoms with van der Waals surface area (Å²) in [5.41, 5.74) is 4.59. The Morgan fingerprint density at radius 2 is 1.67 bits per heavy atom. The summed E-state index contributed by atoms with van der Waals surface area (Å²) < 4.78 is 1.74. The molecule has 3 aromatic carbocycles. The third-order valence-corrected chi connectivity index (χ3v) is 6.96. The van der Waals surface area contributed by atoms with Crippen LogP contribution in [0.2, 0.25) is 0 Å². The highest BCUT2D eigenvalue weighted by molar-refractivity contribution is 7.99. The molecule has 33 heavy (non-hydrogen) atoms. The van der Waals surface area contributed by atoms with Crippen LogP contribution < -0.4 is 10.9 Å². The molecule has 1 N–H and O–H groups in total. The predicted molar refractivity (Wildman–Crippen MR) is 137 cm³/mol. The van der Waals surface area contributed by atoms with Gasteiger partial charge in [0.05, 0.1) is 23.3 Å². The minimum absolute atomic E-state index is 0.131. The van der Waals surface area contributed by atoms with E-state index in [-0.39, 0.29) is 17.2 Å². The molecule has 1 amide bonds. The van der Waals surface area contributed by atoms with Gasteiger partial charge >= 0.3 is 0 Å². The number of hydrogen-bond donors (Lipinski definition) is 1. The molecule has 0 aliphatic carbocycles. The Morgan fingerprint density at radius 3 is 2.39 bits per heavy atom. The van der Waals surface area contributed by atoms with E-state index in [1.165, 1.54) is 22.2 Å². The first-order chi connectivity index (χ1) is 16.0. The molecule has 0 fully saturated rings. The van der Waals surface area contributed by atoms with Gasteiger partial charge in [-0.3, -0.25) is 14.2 Å². The first-order valence-electron chi connectivity index (χ1n) is 10.6. The maximum Gasteiger partial charge on any atom is 0.283 e. The first kappa shape index (κ1) is 23.1. The van der Waals surface area contributed by atoms with Gasteiger partial charge in [-0.1, -0.05) is 65.9 Å². The molecule has 0 radical (unpaired) electrons. The Kier molecular flexibility index (Phi) is 7.52. The van der Waals surface area contributed by atoms with Gasteiger partial charge in [0.2, 0.25) is 5.91 Å². The largest absolute Gasteiger partial charge is 0.351 e. The maximum atomic E-state index is 13.3. The van der Waals surface area contributed by atoms with Gasteiger partial charge in [0.25, 0.3) is 5.56 Å². The topological polar surface area (TPSA) is 64.0 Å². The van der Waals surface area contributed by atoms with Crippen molar-refractivity contribution in [1.29, 1.82) is 0 Å². The fourth-order valence-electron chi connectivity index (χ4n) is 3.43. The highest BCUT2D eigenvalue weighted by Crippen LogP contribution is 2.18. The number of nitrogens with zero attached hydrogens (tertiary/aromatic N) is 2. The number of aromatic nitrogens is 2. The summed E-state index contributed by atoms with van der Waals surface area (Å²) in [6.07, 6.45) is 2.03. The van der Waals surface area contributed by atoms with Crippen molar-refractivity contribution in [3.8, 4) is 0 Å². The van der Waals surface area contributed by atoms with Gasteiger partial charge < -0.3 is 5.32 Å². The lowest BCUT2D eigenvalue weighted by Gasteiger charge is -2.12. The molecule has 1 aromatic heterocycles. The Balaban J connectivity index is 1.49. The van der Waals surface area contributed by atoms with Crippen LogP contribution in [0.5, 0.6) is 0 Å². The minimum atomic E-state index is -0.181. The molecule has 0 atom stereocenters. The summed E-state index contributed by atoms with van der Waals surface area (Å²) in [6, 6.07) is 23.8. The van der Waals surface area contributed by atoms with Gasteiger partial charge in [-0.25, -0.2) is 4.98 Å². The van der Waals surface area contributed by atoms with E-state index in [9.17, 15) is 9.59 Å². The van der Waals surface area contributed by atoms with Crippen molar-refractivity contribution in [2.45, 2.75) is 29.9 Å². The summed E-state index contributed by atoms with van der Waals surface area (Å²) in [5, 5.41) is 3.25. The van der Waals surface area contributed by atoms with Crippen LogP contribution in [0.4, 0.5) is 0 Å². The highest BCUT2D eigenvalue weighted by atomic mass is 32.2. The van der Waals surface area contributed by atoms with Crippen LogP contribution in [0.3, 0.4) is 0 Å². The molecule has 168 valence electrons. The molecule has 0 bridgehead atoms. The number of benzene rings is 3.